The van der Waals surface area contributed by atoms with Crippen LogP contribution in [0.5, 0.6) is 0 Å². The molecule has 0 radical (unpaired) electrons. The molecule has 0 bridgehead atoms. The maximum atomic E-state index is 12.2. The first kappa shape index (κ1) is 14.0. The van der Waals surface area contributed by atoms with Gasteiger partial charge in [-0.05, 0) is 24.5 Å². The van der Waals surface area contributed by atoms with Crippen LogP contribution in [0.25, 0.3) is 6.08 Å². The van der Waals surface area contributed by atoms with Crippen LogP contribution in [0, 0.1) is 0 Å². The Morgan fingerprint density at radius 2 is 1.89 bits per heavy atom. The fourth-order valence-electron chi connectivity index (χ4n) is 2.19. The molecular weight excluding hydrogens is 262 g/mol. The van der Waals surface area contributed by atoms with Crippen LogP contribution in [-0.4, -0.2) is 31.6 Å². The topological polar surface area (TPSA) is 54.5 Å². The molecule has 0 aromatic heterocycles. The summed E-state index contributed by atoms with van der Waals surface area (Å²) in [5.41, 5.74) is 0.825. The van der Waals surface area contributed by atoms with Crippen LogP contribution in [0.2, 0.25) is 0 Å². The standard InChI is InChI=1S/C14H17NO3S/c16-12-14-8-4-5-10-15(14)19(17,18)11-9-13-6-2-1-3-7-13/h1-3,6-7,9,11-12,14H,4-5,8,10H2. The number of carbonyl (C=O) groups is 1. The maximum absolute atomic E-state index is 12.2. The minimum atomic E-state index is -3.52. The molecule has 1 aromatic carbocycles. The van der Waals surface area contributed by atoms with Crippen molar-refractivity contribution >= 4 is 22.4 Å². The summed E-state index contributed by atoms with van der Waals surface area (Å²) in [6.07, 6.45) is 4.61. The fraction of sp³-hybridized carbons (Fsp3) is 0.357. The van der Waals surface area contributed by atoms with Crippen LogP contribution in [0.4, 0.5) is 0 Å². The largest absolute Gasteiger partial charge is 0.302 e. The van der Waals surface area contributed by atoms with Crippen molar-refractivity contribution in [3.63, 3.8) is 0 Å². The molecule has 0 aliphatic carbocycles. The molecule has 1 aromatic rings. The number of rotatable bonds is 4. The molecule has 102 valence electrons. The van der Waals surface area contributed by atoms with Crippen LogP contribution in [0.15, 0.2) is 35.7 Å². The van der Waals surface area contributed by atoms with Gasteiger partial charge in [-0.1, -0.05) is 36.8 Å². The molecule has 0 N–H and O–H groups in total. The highest BCUT2D eigenvalue weighted by Gasteiger charge is 2.30. The molecule has 1 atom stereocenters. The second-order valence-corrected chi connectivity index (χ2v) is 6.34. The number of hydrogen-bond acceptors (Lipinski definition) is 3. The van der Waals surface area contributed by atoms with E-state index in [4.69, 9.17) is 0 Å². The Kier molecular flexibility index (Phi) is 4.50. The van der Waals surface area contributed by atoms with Crippen LogP contribution in [-0.2, 0) is 14.8 Å². The summed E-state index contributed by atoms with van der Waals surface area (Å²) < 4.78 is 25.7. The van der Waals surface area contributed by atoms with Crippen LogP contribution in [0.3, 0.4) is 0 Å². The van der Waals surface area contributed by atoms with Crippen molar-refractivity contribution in [2.24, 2.45) is 0 Å². The Morgan fingerprint density at radius 3 is 2.58 bits per heavy atom. The Morgan fingerprint density at radius 1 is 1.16 bits per heavy atom. The summed E-state index contributed by atoms with van der Waals surface area (Å²) in [6.45, 7) is 0.421. The van der Waals surface area contributed by atoms with Crippen molar-refractivity contribution < 1.29 is 13.2 Å². The highest BCUT2D eigenvalue weighted by molar-refractivity contribution is 7.92. The average Bonchev–Trinajstić information content (AvgIpc) is 2.46. The van der Waals surface area contributed by atoms with Gasteiger partial charge in [-0.15, -0.1) is 0 Å². The van der Waals surface area contributed by atoms with Crippen LogP contribution >= 0.6 is 0 Å². The van der Waals surface area contributed by atoms with E-state index in [1.165, 1.54) is 9.71 Å². The lowest BCUT2D eigenvalue weighted by molar-refractivity contribution is -0.111. The Bertz CT molecular complexity index is 551. The number of carbonyl (C=O) groups excluding carboxylic acids is 1. The predicted octanol–water partition coefficient (Wildman–Crippen LogP) is 2.04. The Balaban J connectivity index is 2.17. The van der Waals surface area contributed by atoms with Gasteiger partial charge in [0.1, 0.15) is 6.29 Å². The number of nitrogens with zero attached hydrogens (tertiary/aromatic N) is 1. The minimum Gasteiger partial charge on any atom is -0.302 e. The molecule has 1 unspecified atom stereocenters. The van der Waals surface area contributed by atoms with E-state index in [0.717, 1.165) is 24.7 Å². The van der Waals surface area contributed by atoms with E-state index in [9.17, 15) is 13.2 Å². The third-order valence-electron chi connectivity index (χ3n) is 3.21. The summed E-state index contributed by atoms with van der Waals surface area (Å²) in [4.78, 5) is 11.0. The van der Waals surface area contributed by atoms with E-state index < -0.39 is 16.1 Å². The van der Waals surface area contributed by atoms with Crippen molar-refractivity contribution in [3.05, 3.63) is 41.3 Å². The quantitative estimate of drug-likeness (QED) is 0.793. The predicted molar refractivity (Wildman–Crippen MR) is 74.8 cm³/mol. The second-order valence-electron chi connectivity index (χ2n) is 4.57. The van der Waals surface area contributed by atoms with Gasteiger partial charge in [-0.3, -0.25) is 0 Å². The van der Waals surface area contributed by atoms with E-state index in [-0.39, 0.29) is 0 Å². The van der Waals surface area contributed by atoms with E-state index in [1.807, 2.05) is 30.3 Å². The number of sulfonamides is 1. The zero-order valence-electron chi connectivity index (χ0n) is 10.6. The summed E-state index contributed by atoms with van der Waals surface area (Å²) in [7, 11) is -3.52. The first-order valence-corrected chi connectivity index (χ1v) is 7.84. The van der Waals surface area contributed by atoms with Gasteiger partial charge in [-0.2, -0.15) is 4.31 Å². The van der Waals surface area contributed by atoms with Gasteiger partial charge in [0.05, 0.1) is 6.04 Å². The van der Waals surface area contributed by atoms with Crippen LogP contribution < -0.4 is 0 Å². The van der Waals surface area contributed by atoms with Gasteiger partial charge in [0.25, 0.3) is 0 Å². The molecule has 1 saturated heterocycles. The zero-order chi connectivity index (χ0) is 13.7. The number of piperidine rings is 1. The van der Waals surface area contributed by atoms with E-state index in [0.29, 0.717) is 13.0 Å². The molecule has 0 amide bonds. The van der Waals surface area contributed by atoms with Crippen molar-refractivity contribution in [1.29, 1.82) is 0 Å². The smallest absolute Gasteiger partial charge is 0.236 e. The molecule has 1 fully saturated rings. The summed E-state index contributed by atoms with van der Waals surface area (Å²) in [6, 6.07) is 8.72. The number of hydrogen-bond donors (Lipinski definition) is 0. The third kappa shape index (κ3) is 3.52. The lowest BCUT2D eigenvalue weighted by Gasteiger charge is -2.29. The molecule has 19 heavy (non-hydrogen) atoms. The highest BCUT2D eigenvalue weighted by Crippen LogP contribution is 2.20. The monoisotopic (exact) mass is 279 g/mol. The van der Waals surface area contributed by atoms with Crippen molar-refractivity contribution in [3.8, 4) is 0 Å². The zero-order valence-corrected chi connectivity index (χ0v) is 11.4. The molecule has 0 saturated carbocycles. The van der Waals surface area contributed by atoms with E-state index >= 15 is 0 Å². The third-order valence-corrected chi connectivity index (χ3v) is 4.80. The van der Waals surface area contributed by atoms with E-state index in [1.54, 1.807) is 6.08 Å². The van der Waals surface area contributed by atoms with Crippen molar-refractivity contribution in [1.82, 2.24) is 4.31 Å². The second kappa shape index (κ2) is 6.12. The fourth-order valence-corrected chi connectivity index (χ4v) is 3.59. The molecule has 5 heteroatoms. The lowest BCUT2D eigenvalue weighted by atomic mass is 10.1. The first-order valence-electron chi connectivity index (χ1n) is 6.34. The summed E-state index contributed by atoms with van der Waals surface area (Å²) in [5, 5.41) is 1.18. The SMILES string of the molecule is O=CC1CCCCN1S(=O)(=O)C=Cc1ccccc1. The molecule has 4 nitrogen and oxygen atoms in total. The summed E-state index contributed by atoms with van der Waals surface area (Å²) in [5.74, 6) is 0. The number of aldehydes is 1. The molecule has 1 aliphatic heterocycles. The van der Waals surface area contributed by atoms with Gasteiger partial charge in [0.2, 0.25) is 10.0 Å². The van der Waals surface area contributed by atoms with E-state index in [2.05, 4.69) is 0 Å². The minimum absolute atomic E-state index is 0.421. The molecule has 1 heterocycles. The molecule has 2 rings (SSSR count). The highest BCUT2D eigenvalue weighted by atomic mass is 32.2. The normalized spacial score (nSPS) is 21.6. The maximum Gasteiger partial charge on any atom is 0.236 e. The van der Waals surface area contributed by atoms with Gasteiger partial charge < -0.3 is 4.79 Å². The van der Waals surface area contributed by atoms with Crippen molar-refractivity contribution in [2.75, 3.05) is 6.54 Å². The Hall–Kier alpha value is -1.46. The number of benzene rings is 1. The first-order chi connectivity index (χ1) is 9.13. The van der Waals surface area contributed by atoms with Gasteiger partial charge in [0, 0.05) is 12.0 Å². The summed E-state index contributed by atoms with van der Waals surface area (Å²) >= 11 is 0. The molecule has 1 aliphatic rings. The van der Waals surface area contributed by atoms with Gasteiger partial charge >= 0.3 is 0 Å². The molecular formula is C14H17NO3S. The van der Waals surface area contributed by atoms with Crippen molar-refractivity contribution in [2.45, 2.75) is 25.3 Å². The van der Waals surface area contributed by atoms with Gasteiger partial charge in [-0.25, -0.2) is 8.42 Å². The lowest BCUT2D eigenvalue weighted by Crippen LogP contribution is -2.43. The average molecular weight is 279 g/mol. The van der Waals surface area contributed by atoms with Crippen LogP contribution in [0.1, 0.15) is 24.8 Å². The molecule has 0 spiro atoms. The Labute approximate surface area is 113 Å². The van der Waals surface area contributed by atoms with Gasteiger partial charge in [0.15, 0.2) is 0 Å².